The van der Waals surface area contributed by atoms with Crippen LogP contribution in [0.15, 0.2) is 121 Å². The van der Waals surface area contributed by atoms with Crippen LogP contribution in [-0.2, 0) is 0 Å². The summed E-state index contributed by atoms with van der Waals surface area (Å²) in [6.45, 7) is 0. The summed E-state index contributed by atoms with van der Waals surface area (Å²) < 4.78 is 2.29. The molecule has 1 aromatic heterocycles. The van der Waals surface area contributed by atoms with Crippen LogP contribution in [0.3, 0.4) is 0 Å². The van der Waals surface area contributed by atoms with E-state index >= 15 is 0 Å². The first-order chi connectivity index (χ1) is 17.3. The standard InChI is InChI=1S/C33H20N2/c34-21-22-13-16-25(17-14-22)35-32-12-6-5-11-29(32)31-20-24(15-18-33(31)35)30-19-23-7-1-2-8-26(23)27-9-3-4-10-28(27)30/h1-20H. The Labute approximate surface area is 202 Å². The number of benzene rings is 6. The lowest BCUT2D eigenvalue weighted by Crippen LogP contribution is -1.93. The van der Waals surface area contributed by atoms with Crippen molar-refractivity contribution in [2.45, 2.75) is 0 Å². The molecule has 6 aromatic carbocycles. The summed E-state index contributed by atoms with van der Waals surface area (Å²) in [5.74, 6) is 0. The monoisotopic (exact) mass is 444 g/mol. The molecule has 0 radical (unpaired) electrons. The first-order valence-electron chi connectivity index (χ1n) is 11.8. The third kappa shape index (κ3) is 2.96. The number of hydrogen-bond acceptors (Lipinski definition) is 1. The molecule has 0 saturated carbocycles. The van der Waals surface area contributed by atoms with E-state index in [4.69, 9.17) is 0 Å². The fraction of sp³-hybridized carbons (Fsp3) is 0. The molecule has 0 amide bonds. The van der Waals surface area contributed by atoms with E-state index in [1.54, 1.807) is 0 Å². The van der Waals surface area contributed by atoms with Gasteiger partial charge in [0.25, 0.3) is 0 Å². The zero-order valence-electron chi connectivity index (χ0n) is 18.9. The molecule has 0 bridgehead atoms. The number of aromatic nitrogens is 1. The summed E-state index contributed by atoms with van der Waals surface area (Å²) in [6, 6.07) is 45.0. The Balaban J connectivity index is 1.53. The molecule has 2 nitrogen and oxygen atoms in total. The second kappa shape index (κ2) is 7.58. The van der Waals surface area contributed by atoms with Gasteiger partial charge in [-0.1, -0.05) is 72.8 Å². The molecule has 0 atom stereocenters. The molecule has 0 aliphatic carbocycles. The maximum Gasteiger partial charge on any atom is 0.0991 e. The van der Waals surface area contributed by atoms with Crippen LogP contribution >= 0.6 is 0 Å². The molecule has 0 N–H and O–H groups in total. The Morgan fingerprint density at radius 2 is 1.17 bits per heavy atom. The molecule has 35 heavy (non-hydrogen) atoms. The fourth-order valence-corrected chi connectivity index (χ4v) is 5.40. The van der Waals surface area contributed by atoms with E-state index in [2.05, 4.69) is 108 Å². The molecule has 7 aromatic rings. The van der Waals surface area contributed by atoms with Gasteiger partial charge in [-0.25, -0.2) is 0 Å². The van der Waals surface area contributed by atoms with Crippen LogP contribution in [0.2, 0.25) is 0 Å². The quantitative estimate of drug-likeness (QED) is 0.245. The minimum atomic E-state index is 0.667. The molecule has 0 fully saturated rings. The van der Waals surface area contributed by atoms with E-state index in [9.17, 15) is 5.26 Å². The summed E-state index contributed by atoms with van der Waals surface area (Å²) in [7, 11) is 0. The summed E-state index contributed by atoms with van der Waals surface area (Å²) in [4.78, 5) is 0. The Kier molecular flexibility index (Phi) is 4.24. The van der Waals surface area contributed by atoms with Crippen molar-refractivity contribution in [2.75, 3.05) is 0 Å². The lowest BCUT2D eigenvalue weighted by atomic mass is 9.92. The topological polar surface area (TPSA) is 28.7 Å². The highest BCUT2D eigenvalue weighted by Crippen LogP contribution is 2.39. The van der Waals surface area contributed by atoms with Gasteiger partial charge < -0.3 is 4.57 Å². The van der Waals surface area contributed by atoms with Gasteiger partial charge in [-0.2, -0.15) is 5.26 Å². The SMILES string of the molecule is N#Cc1ccc(-n2c3ccccc3c3cc(-c4cc5ccccc5c5ccccc45)ccc32)cc1. The Morgan fingerprint density at radius 3 is 1.97 bits per heavy atom. The van der Waals surface area contributed by atoms with Gasteiger partial charge in [0, 0.05) is 16.5 Å². The number of fused-ring (bicyclic) bond motifs is 6. The van der Waals surface area contributed by atoms with E-state index in [-0.39, 0.29) is 0 Å². The lowest BCUT2D eigenvalue weighted by molar-refractivity contribution is 1.18. The highest BCUT2D eigenvalue weighted by Gasteiger charge is 2.14. The van der Waals surface area contributed by atoms with Crippen LogP contribution in [-0.4, -0.2) is 4.57 Å². The van der Waals surface area contributed by atoms with Crippen LogP contribution in [0.4, 0.5) is 0 Å². The second-order valence-electron chi connectivity index (χ2n) is 8.93. The van der Waals surface area contributed by atoms with Gasteiger partial charge in [0.05, 0.1) is 22.7 Å². The van der Waals surface area contributed by atoms with Crippen molar-refractivity contribution < 1.29 is 0 Å². The highest BCUT2D eigenvalue weighted by atomic mass is 15.0. The van der Waals surface area contributed by atoms with Gasteiger partial charge in [-0.3, -0.25) is 0 Å². The maximum absolute atomic E-state index is 9.23. The summed E-state index contributed by atoms with van der Waals surface area (Å²) in [5, 5.41) is 16.7. The third-order valence-electron chi connectivity index (χ3n) is 7.01. The summed E-state index contributed by atoms with van der Waals surface area (Å²) >= 11 is 0. The third-order valence-corrected chi connectivity index (χ3v) is 7.01. The van der Waals surface area contributed by atoms with Gasteiger partial charge in [-0.05, 0) is 81.2 Å². The number of nitrogens with zero attached hydrogens (tertiary/aromatic N) is 2. The average Bonchev–Trinajstić information content (AvgIpc) is 3.26. The van der Waals surface area contributed by atoms with Crippen LogP contribution < -0.4 is 0 Å². The molecule has 0 aliphatic rings. The molecule has 0 saturated heterocycles. The Hall–Kier alpha value is -4.87. The Bertz CT molecular complexity index is 1950. The van der Waals surface area contributed by atoms with E-state index in [1.807, 2.05) is 24.3 Å². The van der Waals surface area contributed by atoms with Crippen molar-refractivity contribution in [3.05, 3.63) is 127 Å². The van der Waals surface area contributed by atoms with Crippen molar-refractivity contribution in [1.29, 1.82) is 5.26 Å². The van der Waals surface area contributed by atoms with E-state index in [0.717, 1.165) is 16.7 Å². The molecule has 0 spiro atoms. The number of rotatable bonds is 2. The smallest absolute Gasteiger partial charge is 0.0991 e. The van der Waals surface area contributed by atoms with Crippen molar-refractivity contribution in [2.24, 2.45) is 0 Å². The fourth-order valence-electron chi connectivity index (χ4n) is 5.40. The second-order valence-corrected chi connectivity index (χ2v) is 8.93. The van der Waals surface area contributed by atoms with Crippen LogP contribution in [0.5, 0.6) is 0 Å². The minimum absolute atomic E-state index is 0.667. The van der Waals surface area contributed by atoms with E-state index < -0.39 is 0 Å². The van der Waals surface area contributed by atoms with Gasteiger partial charge in [0.15, 0.2) is 0 Å². The van der Waals surface area contributed by atoms with Crippen molar-refractivity contribution >= 4 is 43.4 Å². The Morgan fingerprint density at radius 1 is 0.514 bits per heavy atom. The van der Waals surface area contributed by atoms with E-state index in [0.29, 0.717) is 5.56 Å². The normalized spacial score (nSPS) is 11.4. The van der Waals surface area contributed by atoms with Crippen molar-refractivity contribution in [1.82, 2.24) is 4.57 Å². The predicted octanol–water partition coefficient (Wildman–Crippen LogP) is 8.63. The van der Waals surface area contributed by atoms with Crippen molar-refractivity contribution in [3.8, 4) is 22.9 Å². The zero-order chi connectivity index (χ0) is 23.4. The highest BCUT2D eigenvalue weighted by molar-refractivity contribution is 6.15. The minimum Gasteiger partial charge on any atom is -0.309 e. The number of para-hydroxylation sites is 1. The van der Waals surface area contributed by atoms with Gasteiger partial charge in [0.1, 0.15) is 0 Å². The summed E-state index contributed by atoms with van der Waals surface area (Å²) in [6.07, 6.45) is 0. The molecule has 2 heteroatoms. The molecule has 7 rings (SSSR count). The summed E-state index contributed by atoms with van der Waals surface area (Å²) in [5.41, 5.74) is 6.50. The molecule has 0 aliphatic heterocycles. The first-order valence-corrected chi connectivity index (χ1v) is 11.8. The largest absolute Gasteiger partial charge is 0.309 e. The van der Waals surface area contributed by atoms with Crippen LogP contribution in [0, 0.1) is 11.3 Å². The van der Waals surface area contributed by atoms with Gasteiger partial charge in [0.2, 0.25) is 0 Å². The average molecular weight is 445 g/mol. The molecule has 1 heterocycles. The first kappa shape index (κ1) is 19.6. The van der Waals surface area contributed by atoms with Crippen LogP contribution in [0.25, 0.3) is 60.2 Å². The molecule has 162 valence electrons. The predicted molar refractivity (Wildman–Crippen MR) is 146 cm³/mol. The van der Waals surface area contributed by atoms with Gasteiger partial charge >= 0.3 is 0 Å². The van der Waals surface area contributed by atoms with Gasteiger partial charge in [-0.15, -0.1) is 0 Å². The van der Waals surface area contributed by atoms with E-state index in [1.165, 1.54) is 43.4 Å². The van der Waals surface area contributed by atoms with Crippen molar-refractivity contribution in [3.63, 3.8) is 0 Å². The lowest BCUT2D eigenvalue weighted by Gasteiger charge is -2.12. The molecular weight excluding hydrogens is 424 g/mol. The molecular formula is C33H20N2. The van der Waals surface area contributed by atoms with Crippen LogP contribution in [0.1, 0.15) is 5.56 Å². The molecule has 0 unspecified atom stereocenters. The number of hydrogen-bond donors (Lipinski definition) is 0. The zero-order valence-corrected chi connectivity index (χ0v) is 18.9. The number of nitriles is 1. The maximum atomic E-state index is 9.23.